The maximum Gasteiger partial charge on any atom is 0.122 e. The zero-order valence-electron chi connectivity index (χ0n) is 9.32. The normalized spacial score (nSPS) is 11.7. The molecule has 0 N–H and O–H groups in total. The van der Waals surface area contributed by atoms with Crippen molar-refractivity contribution in [2.45, 2.75) is 26.4 Å². The summed E-state index contributed by atoms with van der Waals surface area (Å²) in [6.07, 6.45) is 1.79. The number of aromatic nitrogens is 1. The molecule has 0 radical (unpaired) electrons. The highest BCUT2D eigenvalue weighted by atomic mass is 16.5. The quantitative estimate of drug-likeness (QED) is 0.705. The molecule has 1 aromatic carbocycles. The smallest absolute Gasteiger partial charge is 0.122 e. The molecule has 0 spiro atoms. The van der Waals surface area contributed by atoms with Gasteiger partial charge in [0.1, 0.15) is 11.4 Å². The standard InChI is InChI=1S/C13H15NO/c1-13(2,3)15-11-7-6-10-5-4-8-14-12(10)9-11/h4-9H,1-3H3. The van der Waals surface area contributed by atoms with E-state index < -0.39 is 0 Å². The lowest BCUT2D eigenvalue weighted by Crippen LogP contribution is -2.22. The number of nitrogens with zero attached hydrogens (tertiary/aromatic N) is 1. The molecule has 0 aliphatic heterocycles. The number of rotatable bonds is 1. The van der Waals surface area contributed by atoms with Gasteiger partial charge in [-0.3, -0.25) is 4.98 Å². The van der Waals surface area contributed by atoms with Crippen molar-refractivity contribution in [3.63, 3.8) is 0 Å². The number of benzene rings is 1. The van der Waals surface area contributed by atoms with Crippen molar-refractivity contribution in [3.05, 3.63) is 36.5 Å². The molecule has 0 amide bonds. The van der Waals surface area contributed by atoms with Gasteiger partial charge in [0.2, 0.25) is 0 Å². The monoisotopic (exact) mass is 201 g/mol. The van der Waals surface area contributed by atoms with Gasteiger partial charge in [-0.2, -0.15) is 0 Å². The van der Waals surface area contributed by atoms with Gasteiger partial charge in [-0.25, -0.2) is 0 Å². The fourth-order valence-electron chi connectivity index (χ4n) is 1.46. The van der Waals surface area contributed by atoms with Crippen LogP contribution < -0.4 is 4.74 Å². The lowest BCUT2D eigenvalue weighted by atomic mass is 10.1. The number of fused-ring (bicyclic) bond motifs is 1. The van der Waals surface area contributed by atoms with Crippen LogP contribution in [0, 0.1) is 0 Å². The van der Waals surface area contributed by atoms with Gasteiger partial charge in [0.25, 0.3) is 0 Å². The summed E-state index contributed by atoms with van der Waals surface area (Å²) in [5, 5.41) is 1.14. The molecule has 2 aromatic rings. The number of hydrogen-bond acceptors (Lipinski definition) is 2. The van der Waals surface area contributed by atoms with Gasteiger partial charge in [0, 0.05) is 17.6 Å². The minimum Gasteiger partial charge on any atom is -0.488 e. The fourth-order valence-corrected chi connectivity index (χ4v) is 1.46. The van der Waals surface area contributed by atoms with Crippen LogP contribution in [0.3, 0.4) is 0 Å². The molecule has 2 heteroatoms. The van der Waals surface area contributed by atoms with Gasteiger partial charge in [0.15, 0.2) is 0 Å². The number of ether oxygens (including phenoxy) is 1. The van der Waals surface area contributed by atoms with E-state index in [9.17, 15) is 0 Å². The first-order valence-corrected chi connectivity index (χ1v) is 5.08. The molecule has 1 heterocycles. The first-order valence-electron chi connectivity index (χ1n) is 5.08. The average Bonchev–Trinajstić information content (AvgIpc) is 2.15. The maximum atomic E-state index is 5.77. The number of hydrogen-bond donors (Lipinski definition) is 0. The third kappa shape index (κ3) is 2.46. The topological polar surface area (TPSA) is 22.1 Å². The lowest BCUT2D eigenvalue weighted by Gasteiger charge is -2.21. The van der Waals surface area contributed by atoms with Crippen LogP contribution in [-0.2, 0) is 0 Å². The Bertz CT molecular complexity index is 471. The molecule has 1 aromatic heterocycles. The molecule has 0 unspecified atom stereocenters. The molecule has 0 aliphatic carbocycles. The molecule has 0 atom stereocenters. The first-order chi connectivity index (χ1) is 7.04. The van der Waals surface area contributed by atoms with Crippen LogP contribution in [-0.4, -0.2) is 10.6 Å². The fraction of sp³-hybridized carbons (Fsp3) is 0.308. The summed E-state index contributed by atoms with van der Waals surface area (Å²) >= 11 is 0. The van der Waals surface area contributed by atoms with Crippen molar-refractivity contribution in [1.82, 2.24) is 4.98 Å². The summed E-state index contributed by atoms with van der Waals surface area (Å²) in [6.45, 7) is 6.11. The van der Waals surface area contributed by atoms with E-state index >= 15 is 0 Å². The molecule has 0 saturated carbocycles. The minimum atomic E-state index is -0.164. The van der Waals surface area contributed by atoms with Gasteiger partial charge in [0.05, 0.1) is 5.52 Å². The van der Waals surface area contributed by atoms with Crippen molar-refractivity contribution in [2.75, 3.05) is 0 Å². The average molecular weight is 201 g/mol. The molecular weight excluding hydrogens is 186 g/mol. The van der Waals surface area contributed by atoms with E-state index in [1.54, 1.807) is 6.20 Å². The van der Waals surface area contributed by atoms with Crippen molar-refractivity contribution >= 4 is 10.9 Å². The Morgan fingerprint density at radius 2 is 1.93 bits per heavy atom. The van der Waals surface area contributed by atoms with Crippen molar-refractivity contribution in [2.24, 2.45) is 0 Å². The highest BCUT2D eigenvalue weighted by Gasteiger charge is 2.11. The minimum absolute atomic E-state index is 0.164. The van der Waals surface area contributed by atoms with Crippen molar-refractivity contribution in [3.8, 4) is 5.75 Å². The Morgan fingerprint density at radius 3 is 2.67 bits per heavy atom. The van der Waals surface area contributed by atoms with Crippen molar-refractivity contribution in [1.29, 1.82) is 0 Å². The Morgan fingerprint density at radius 1 is 1.13 bits per heavy atom. The van der Waals surface area contributed by atoms with Crippen LogP contribution in [0.25, 0.3) is 10.9 Å². The number of pyridine rings is 1. The molecule has 2 nitrogen and oxygen atoms in total. The molecule has 0 saturated heterocycles. The second-order valence-electron chi connectivity index (χ2n) is 4.57. The van der Waals surface area contributed by atoms with Crippen LogP contribution in [0.15, 0.2) is 36.5 Å². The summed E-state index contributed by atoms with van der Waals surface area (Å²) in [7, 11) is 0. The summed E-state index contributed by atoms with van der Waals surface area (Å²) in [4.78, 5) is 4.29. The largest absolute Gasteiger partial charge is 0.488 e. The van der Waals surface area contributed by atoms with Crippen LogP contribution >= 0.6 is 0 Å². The van der Waals surface area contributed by atoms with Gasteiger partial charge in [-0.15, -0.1) is 0 Å². The Hall–Kier alpha value is -1.57. The van der Waals surface area contributed by atoms with Crippen LogP contribution in [0.4, 0.5) is 0 Å². The van der Waals surface area contributed by atoms with Crippen LogP contribution in [0.2, 0.25) is 0 Å². The lowest BCUT2D eigenvalue weighted by molar-refractivity contribution is 0.131. The van der Waals surface area contributed by atoms with Gasteiger partial charge in [-0.1, -0.05) is 6.07 Å². The predicted molar refractivity (Wildman–Crippen MR) is 62.1 cm³/mol. The highest BCUT2D eigenvalue weighted by Crippen LogP contribution is 2.22. The van der Waals surface area contributed by atoms with E-state index in [-0.39, 0.29) is 5.60 Å². The van der Waals surface area contributed by atoms with E-state index in [1.165, 1.54) is 0 Å². The molecule has 2 rings (SSSR count). The third-order valence-corrected chi connectivity index (χ3v) is 2.00. The molecular formula is C13H15NO. The van der Waals surface area contributed by atoms with E-state index in [0.29, 0.717) is 0 Å². The van der Waals surface area contributed by atoms with E-state index in [0.717, 1.165) is 16.7 Å². The molecule has 0 fully saturated rings. The summed E-state index contributed by atoms with van der Waals surface area (Å²) < 4.78 is 5.77. The van der Waals surface area contributed by atoms with Gasteiger partial charge in [-0.05, 0) is 39.0 Å². The second kappa shape index (κ2) is 3.54. The summed E-state index contributed by atoms with van der Waals surface area (Å²) in [5.74, 6) is 0.869. The summed E-state index contributed by atoms with van der Waals surface area (Å²) in [6, 6.07) is 9.97. The summed E-state index contributed by atoms with van der Waals surface area (Å²) in [5.41, 5.74) is 0.807. The molecule has 15 heavy (non-hydrogen) atoms. The molecule has 0 bridgehead atoms. The van der Waals surface area contributed by atoms with Crippen LogP contribution in [0.5, 0.6) is 5.75 Å². The van der Waals surface area contributed by atoms with Crippen molar-refractivity contribution < 1.29 is 4.74 Å². The third-order valence-electron chi connectivity index (χ3n) is 2.00. The van der Waals surface area contributed by atoms with E-state index in [2.05, 4.69) is 4.98 Å². The van der Waals surface area contributed by atoms with Gasteiger partial charge < -0.3 is 4.74 Å². The first kappa shape index (κ1) is 9.97. The van der Waals surface area contributed by atoms with Gasteiger partial charge >= 0.3 is 0 Å². The Labute approximate surface area is 89.9 Å². The molecule has 78 valence electrons. The zero-order chi connectivity index (χ0) is 10.9. The van der Waals surface area contributed by atoms with E-state index in [4.69, 9.17) is 4.74 Å². The second-order valence-corrected chi connectivity index (χ2v) is 4.57. The molecule has 0 aliphatic rings. The van der Waals surface area contributed by atoms with Crippen LogP contribution in [0.1, 0.15) is 20.8 Å². The Balaban J connectivity index is 2.39. The highest BCUT2D eigenvalue weighted by molar-refractivity contribution is 5.79. The SMILES string of the molecule is CC(C)(C)Oc1ccc2cccnc2c1. The maximum absolute atomic E-state index is 5.77. The predicted octanol–water partition coefficient (Wildman–Crippen LogP) is 3.41. The van der Waals surface area contributed by atoms with E-state index in [1.807, 2.05) is 51.1 Å². The Kier molecular flexibility index (Phi) is 2.35. The zero-order valence-corrected chi connectivity index (χ0v) is 9.32.